The van der Waals surface area contributed by atoms with Crippen molar-refractivity contribution in [2.24, 2.45) is 0 Å². The number of hydrogen-bond acceptors (Lipinski definition) is 2. The van der Waals surface area contributed by atoms with Crippen LogP contribution in [0.5, 0.6) is 0 Å². The standard InChI is InChI=1S/C14H16N4/c1-3-13-11-17(7-5-15-13)9-10-18-8-6-16-14(4-2)12-18/h3-8,11-12H,1-2,9-10H2/q+2. The summed E-state index contributed by atoms with van der Waals surface area (Å²) in [6, 6.07) is 0. The first-order valence-electron chi connectivity index (χ1n) is 5.77. The molecule has 0 aromatic carbocycles. The fourth-order valence-corrected chi connectivity index (χ4v) is 1.62. The number of aromatic nitrogens is 4. The van der Waals surface area contributed by atoms with Crippen molar-refractivity contribution in [2.45, 2.75) is 13.1 Å². The molecule has 0 fully saturated rings. The van der Waals surface area contributed by atoms with Gasteiger partial charge in [-0.15, -0.1) is 0 Å². The zero-order valence-corrected chi connectivity index (χ0v) is 10.2. The van der Waals surface area contributed by atoms with Crippen LogP contribution in [0, 0.1) is 0 Å². The molecule has 0 spiro atoms. The van der Waals surface area contributed by atoms with Gasteiger partial charge in [0.1, 0.15) is 11.4 Å². The molecule has 0 saturated carbocycles. The Labute approximate surface area is 107 Å². The van der Waals surface area contributed by atoms with Gasteiger partial charge in [0.15, 0.2) is 24.8 Å². The number of nitrogens with zero attached hydrogens (tertiary/aromatic N) is 4. The van der Waals surface area contributed by atoms with E-state index in [1.165, 1.54) is 0 Å². The second kappa shape index (κ2) is 5.82. The van der Waals surface area contributed by atoms with Crippen LogP contribution in [0.4, 0.5) is 0 Å². The molecule has 0 saturated heterocycles. The van der Waals surface area contributed by atoms with Crippen molar-refractivity contribution in [3.63, 3.8) is 0 Å². The molecule has 4 heteroatoms. The van der Waals surface area contributed by atoms with E-state index in [0.29, 0.717) is 0 Å². The molecule has 90 valence electrons. The molecule has 2 aromatic heterocycles. The van der Waals surface area contributed by atoms with Gasteiger partial charge in [-0.25, -0.2) is 9.97 Å². The zero-order valence-electron chi connectivity index (χ0n) is 10.2. The van der Waals surface area contributed by atoms with Gasteiger partial charge >= 0.3 is 0 Å². The van der Waals surface area contributed by atoms with Crippen LogP contribution in [-0.4, -0.2) is 9.97 Å². The van der Waals surface area contributed by atoms with Crippen LogP contribution >= 0.6 is 0 Å². The lowest BCUT2D eigenvalue weighted by Gasteiger charge is -1.96. The summed E-state index contributed by atoms with van der Waals surface area (Å²) in [5.41, 5.74) is 1.76. The van der Waals surface area contributed by atoms with Crippen LogP contribution in [0.25, 0.3) is 12.2 Å². The van der Waals surface area contributed by atoms with Gasteiger partial charge in [0.25, 0.3) is 0 Å². The van der Waals surface area contributed by atoms with Crippen LogP contribution < -0.4 is 9.13 Å². The van der Waals surface area contributed by atoms with Crippen molar-refractivity contribution in [1.82, 2.24) is 9.97 Å². The summed E-state index contributed by atoms with van der Waals surface area (Å²) in [6.07, 6.45) is 14.9. The first-order chi connectivity index (χ1) is 8.81. The number of aryl methyl sites for hydroxylation is 2. The van der Waals surface area contributed by atoms with Gasteiger partial charge in [0.2, 0.25) is 13.1 Å². The van der Waals surface area contributed by atoms with Crippen LogP contribution in [0.2, 0.25) is 0 Å². The van der Waals surface area contributed by atoms with Gasteiger partial charge in [-0.05, 0) is 12.2 Å². The van der Waals surface area contributed by atoms with Crippen LogP contribution in [0.3, 0.4) is 0 Å². The molecular weight excluding hydrogens is 224 g/mol. The van der Waals surface area contributed by atoms with E-state index in [2.05, 4.69) is 32.3 Å². The smallest absolute Gasteiger partial charge is 0.206 e. The summed E-state index contributed by atoms with van der Waals surface area (Å²) in [7, 11) is 0. The Morgan fingerprint density at radius 3 is 1.72 bits per heavy atom. The highest BCUT2D eigenvalue weighted by molar-refractivity contribution is 5.38. The molecule has 0 N–H and O–H groups in total. The molecule has 0 atom stereocenters. The third-order valence-corrected chi connectivity index (χ3v) is 2.59. The van der Waals surface area contributed by atoms with Crippen molar-refractivity contribution in [3.05, 3.63) is 61.7 Å². The Bertz CT molecular complexity index is 512. The first-order valence-corrected chi connectivity index (χ1v) is 5.77. The van der Waals surface area contributed by atoms with E-state index in [-0.39, 0.29) is 0 Å². The van der Waals surface area contributed by atoms with E-state index in [1.807, 2.05) is 24.8 Å². The van der Waals surface area contributed by atoms with Crippen molar-refractivity contribution >= 4 is 12.2 Å². The molecule has 2 aromatic rings. The SMILES string of the molecule is C=Cc1c[n+](CC[n+]2ccnc(C=C)c2)ccn1. The first kappa shape index (κ1) is 12.1. The molecule has 0 aliphatic heterocycles. The molecule has 18 heavy (non-hydrogen) atoms. The fourth-order valence-electron chi connectivity index (χ4n) is 1.62. The molecule has 0 unspecified atom stereocenters. The minimum absolute atomic E-state index is 0.870. The maximum absolute atomic E-state index is 4.17. The lowest BCUT2D eigenvalue weighted by Crippen LogP contribution is -2.44. The van der Waals surface area contributed by atoms with E-state index in [1.54, 1.807) is 24.5 Å². The fraction of sp³-hybridized carbons (Fsp3) is 0.143. The van der Waals surface area contributed by atoms with Gasteiger partial charge in [0.05, 0.1) is 12.4 Å². The number of rotatable bonds is 5. The Hall–Kier alpha value is -2.36. The van der Waals surface area contributed by atoms with Crippen LogP contribution in [0.1, 0.15) is 11.4 Å². The predicted octanol–water partition coefficient (Wildman–Crippen LogP) is 1.04. The normalized spacial score (nSPS) is 10.0. The monoisotopic (exact) mass is 240 g/mol. The van der Waals surface area contributed by atoms with E-state index in [4.69, 9.17) is 0 Å². The summed E-state index contributed by atoms with van der Waals surface area (Å²) in [6.45, 7) is 9.16. The number of hydrogen-bond donors (Lipinski definition) is 0. The topological polar surface area (TPSA) is 33.5 Å². The average Bonchev–Trinajstić information content (AvgIpc) is 2.45. The summed E-state index contributed by atoms with van der Waals surface area (Å²) in [5, 5.41) is 0. The maximum atomic E-state index is 4.17. The van der Waals surface area contributed by atoms with E-state index >= 15 is 0 Å². The third-order valence-electron chi connectivity index (χ3n) is 2.59. The summed E-state index contributed by atoms with van der Waals surface area (Å²) < 4.78 is 4.18. The molecule has 0 aliphatic carbocycles. The predicted molar refractivity (Wildman–Crippen MR) is 69.0 cm³/mol. The molecular formula is C14H16N4+2. The lowest BCUT2D eigenvalue weighted by molar-refractivity contribution is -0.778. The average molecular weight is 240 g/mol. The van der Waals surface area contributed by atoms with Crippen molar-refractivity contribution < 1.29 is 9.13 Å². The Morgan fingerprint density at radius 1 is 0.889 bits per heavy atom. The van der Waals surface area contributed by atoms with Crippen molar-refractivity contribution in [3.8, 4) is 0 Å². The molecule has 4 nitrogen and oxygen atoms in total. The quantitative estimate of drug-likeness (QED) is 0.732. The molecule has 2 heterocycles. The summed E-state index contributed by atoms with van der Waals surface area (Å²) in [4.78, 5) is 8.34. The van der Waals surface area contributed by atoms with Crippen LogP contribution in [0.15, 0.2) is 50.3 Å². The summed E-state index contributed by atoms with van der Waals surface area (Å²) in [5.74, 6) is 0. The molecule has 0 amide bonds. The lowest BCUT2D eigenvalue weighted by atomic mass is 10.4. The highest BCUT2D eigenvalue weighted by atomic mass is 15.0. The third kappa shape index (κ3) is 3.07. The second-order valence-electron chi connectivity index (χ2n) is 3.85. The van der Waals surface area contributed by atoms with E-state index in [0.717, 1.165) is 24.5 Å². The zero-order chi connectivity index (χ0) is 12.8. The Kier molecular flexibility index (Phi) is 3.91. The highest BCUT2D eigenvalue weighted by Crippen LogP contribution is 1.90. The minimum Gasteiger partial charge on any atom is -0.244 e. The van der Waals surface area contributed by atoms with Gasteiger partial charge in [-0.3, -0.25) is 0 Å². The Morgan fingerprint density at radius 2 is 1.33 bits per heavy atom. The van der Waals surface area contributed by atoms with Crippen LogP contribution in [-0.2, 0) is 13.1 Å². The molecule has 0 aliphatic rings. The molecule has 2 rings (SSSR count). The Balaban J connectivity index is 2.06. The second-order valence-corrected chi connectivity index (χ2v) is 3.85. The van der Waals surface area contributed by atoms with Gasteiger partial charge in [-0.1, -0.05) is 13.2 Å². The van der Waals surface area contributed by atoms with Crippen molar-refractivity contribution in [2.75, 3.05) is 0 Å². The van der Waals surface area contributed by atoms with Gasteiger partial charge in [0, 0.05) is 0 Å². The minimum atomic E-state index is 0.870. The van der Waals surface area contributed by atoms with Gasteiger partial charge < -0.3 is 0 Å². The molecule has 0 bridgehead atoms. The molecule has 0 radical (unpaired) electrons. The van der Waals surface area contributed by atoms with Gasteiger partial charge in [-0.2, -0.15) is 9.13 Å². The van der Waals surface area contributed by atoms with E-state index < -0.39 is 0 Å². The maximum Gasteiger partial charge on any atom is 0.206 e. The summed E-state index contributed by atoms with van der Waals surface area (Å²) >= 11 is 0. The van der Waals surface area contributed by atoms with E-state index in [9.17, 15) is 0 Å². The highest BCUT2D eigenvalue weighted by Gasteiger charge is 2.07. The largest absolute Gasteiger partial charge is 0.244 e. The van der Waals surface area contributed by atoms with Crippen molar-refractivity contribution in [1.29, 1.82) is 0 Å².